The summed E-state index contributed by atoms with van der Waals surface area (Å²) in [5, 5.41) is 8.91. The first-order chi connectivity index (χ1) is 8.34. The van der Waals surface area contributed by atoms with Gasteiger partial charge in [-0.1, -0.05) is 6.92 Å². The van der Waals surface area contributed by atoms with Crippen LogP contribution in [0.15, 0.2) is 17.0 Å². The molecular weight excluding hydrogens is 252 g/mol. The second kappa shape index (κ2) is 5.69. The molecule has 3 N–H and O–H groups in total. The number of benzene rings is 1. The van der Waals surface area contributed by atoms with Crippen molar-refractivity contribution in [2.45, 2.75) is 25.7 Å². The fraction of sp³-hybridized carbons (Fsp3) is 0.500. The predicted octanol–water partition coefficient (Wildman–Crippen LogP) is 0.889. The first-order valence-corrected chi connectivity index (χ1v) is 7.26. The second-order valence-corrected chi connectivity index (χ2v) is 6.10. The number of sulfonamides is 1. The van der Waals surface area contributed by atoms with Crippen LogP contribution in [0.1, 0.15) is 18.1 Å². The summed E-state index contributed by atoms with van der Waals surface area (Å²) < 4.78 is 26.0. The number of hydrogen-bond acceptors (Lipinski definition) is 4. The van der Waals surface area contributed by atoms with E-state index in [1.807, 2.05) is 13.8 Å². The van der Waals surface area contributed by atoms with E-state index < -0.39 is 10.0 Å². The zero-order valence-electron chi connectivity index (χ0n) is 11.0. The fourth-order valence-electron chi connectivity index (χ4n) is 1.73. The molecule has 0 atom stereocenters. The van der Waals surface area contributed by atoms with Crippen LogP contribution in [-0.2, 0) is 10.0 Å². The van der Waals surface area contributed by atoms with Crippen molar-refractivity contribution in [2.24, 2.45) is 0 Å². The molecule has 0 aliphatic carbocycles. The van der Waals surface area contributed by atoms with Gasteiger partial charge in [0.2, 0.25) is 10.0 Å². The van der Waals surface area contributed by atoms with E-state index in [1.54, 1.807) is 19.1 Å². The highest BCUT2D eigenvalue weighted by molar-refractivity contribution is 7.89. The summed E-state index contributed by atoms with van der Waals surface area (Å²) in [5.74, 6) is 0. The predicted molar refractivity (Wildman–Crippen MR) is 71.8 cm³/mol. The molecule has 0 saturated carbocycles. The summed E-state index contributed by atoms with van der Waals surface area (Å²) in [7, 11) is -3.63. The lowest BCUT2D eigenvalue weighted by atomic mass is 10.1. The number of anilines is 1. The molecule has 0 aliphatic rings. The normalized spacial score (nSPS) is 12.1. The van der Waals surface area contributed by atoms with Crippen LogP contribution in [0.4, 0.5) is 5.69 Å². The standard InChI is InChI=1S/C12H20N2O3S/c1-4-14(5-6-15)18(16,17)12-8-10(3)9(2)7-11(12)13/h7-8,15H,4-6,13H2,1-3H3. The van der Waals surface area contributed by atoms with Gasteiger partial charge in [-0.3, -0.25) is 0 Å². The van der Waals surface area contributed by atoms with E-state index in [9.17, 15) is 8.42 Å². The maximum absolute atomic E-state index is 12.4. The van der Waals surface area contributed by atoms with Crippen molar-refractivity contribution in [2.75, 3.05) is 25.4 Å². The van der Waals surface area contributed by atoms with Crippen LogP contribution >= 0.6 is 0 Å². The van der Waals surface area contributed by atoms with E-state index in [-0.39, 0.29) is 23.7 Å². The molecular formula is C12H20N2O3S. The molecule has 0 saturated heterocycles. The van der Waals surface area contributed by atoms with E-state index in [0.29, 0.717) is 6.54 Å². The minimum absolute atomic E-state index is 0.0746. The van der Waals surface area contributed by atoms with Gasteiger partial charge in [-0.25, -0.2) is 8.42 Å². The monoisotopic (exact) mass is 272 g/mol. The molecule has 5 nitrogen and oxygen atoms in total. The zero-order valence-corrected chi connectivity index (χ0v) is 11.8. The number of nitrogens with two attached hydrogens (primary N) is 1. The number of hydrogen-bond donors (Lipinski definition) is 2. The third-order valence-corrected chi connectivity index (χ3v) is 4.98. The summed E-state index contributed by atoms with van der Waals surface area (Å²) in [6.07, 6.45) is 0. The summed E-state index contributed by atoms with van der Waals surface area (Å²) in [5.41, 5.74) is 7.87. The van der Waals surface area contributed by atoms with Gasteiger partial charge >= 0.3 is 0 Å². The smallest absolute Gasteiger partial charge is 0.245 e. The van der Waals surface area contributed by atoms with Gasteiger partial charge in [0.05, 0.1) is 12.3 Å². The van der Waals surface area contributed by atoms with Gasteiger partial charge in [-0.2, -0.15) is 4.31 Å². The largest absolute Gasteiger partial charge is 0.398 e. The van der Waals surface area contributed by atoms with Crippen molar-refractivity contribution in [3.05, 3.63) is 23.3 Å². The maximum atomic E-state index is 12.4. The number of rotatable bonds is 5. The molecule has 102 valence electrons. The first-order valence-electron chi connectivity index (χ1n) is 5.82. The third kappa shape index (κ3) is 2.82. The van der Waals surface area contributed by atoms with Gasteiger partial charge in [-0.15, -0.1) is 0 Å². The van der Waals surface area contributed by atoms with E-state index in [1.165, 1.54) is 4.31 Å². The van der Waals surface area contributed by atoms with Crippen molar-refractivity contribution < 1.29 is 13.5 Å². The lowest BCUT2D eigenvalue weighted by Crippen LogP contribution is -2.33. The SMILES string of the molecule is CCN(CCO)S(=O)(=O)c1cc(C)c(C)cc1N. The molecule has 0 bridgehead atoms. The molecule has 18 heavy (non-hydrogen) atoms. The molecule has 6 heteroatoms. The fourth-order valence-corrected chi connectivity index (χ4v) is 3.36. The molecule has 0 heterocycles. The topological polar surface area (TPSA) is 83.6 Å². The Morgan fingerprint density at radius 2 is 1.83 bits per heavy atom. The van der Waals surface area contributed by atoms with Crippen molar-refractivity contribution in [1.29, 1.82) is 0 Å². The lowest BCUT2D eigenvalue weighted by Gasteiger charge is -2.21. The van der Waals surface area contributed by atoms with Crippen molar-refractivity contribution in [1.82, 2.24) is 4.31 Å². The van der Waals surface area contributed by atoms with Crippen LogP contribution in [0.2, 0.25) is 0 Å². The Bertz CT molecular complexity index is 526. The molecule has 1 aromatic carbocycles. The highest BCUT2D eigenvalue weighted by atomic mass is 32.2. The van der Waals surface area contributed by atoms with Crippen molar-refractivity contribution >= 4 is 15.7 Å². The van der Waals surface area contributed by atoms with Gasteiger partial charge in [0.15, 0.2) is 0 Å². The van der Waals surface area contributed by atoms with Gasteiger partial charge in [0.1, 0.15) is 4.90 Å². The number of nitrogens with zero attached hydrogens (tertiary/aromatic N) is 1. The molecule has 0 amide bonds. The van der Waals surface area contributed by atoms with Crippen LogP contribution in [-0.4, -0.2) is 37.5 Å². The molecule has 1 aromatic rings. The highest BCUT2D eigenvalue weighted by Gasteiger charge is 2.25. The van der Waals surface area contributed by atoms with Crippen LogP contribution < -0.4 is 5.73 Å². The van der Waals surface area contributed by atoms with Crippen LogP contribution in [0.3, 0.4) is 0 Å². The number of aryl methyl sites for hydroxylation is 2. The summed E-state index contributed by atoms with van der Waals surface area (Å²) in [6, 6.07) is 3.25. The molecule has 0 aliphatic heterocycles. The molecule has 1 rings (SSSR count). The van der Waals surface area contributed by atoms with Gasteiger partial charge < -0.3 is 10.8 Å². The van der Waals surface area contributed by atoms with E-state index in [0.717, 1.165) is 11.1 Å². The number of aliphatic hydroxyl groups excluding tert-OH is 1. The zero-order chi connectivity index (χ0) is 13.9. The minimum Gasteiger partial charge on any atom is -0.398 e. The lowest BCUT2D eigenvalue weighted by molar-refractivity contribution is 0.257. The van der Waals surface area contributed by atoms with Crippen molar-refractivity contribution in [3.8, 4) is 0 Å². The Kier molecular flexibility index (Phi) is 4.72. The average molecular weight is 272 g/mol. The number of nitrogen functional groups attached to an aromatic ring is 1. The van der Waals surface area contributed by atoms with Crippen molar-refractivity contribution in [3.63, 3.8) is 0 Å². The van der Waals surface area contributed by atoms with E-state index >= 15 is 0 Å². The number of aliphatic hydroxyl groups is 1. The summed E-state index contributed by atoms with van der Waals surface area (Å²) >= 11 is 0. The molecule has 0 aromatic heterocycles. The Morgan fingerprint density at radius 1 is 1.28 bits per heavy atom. The Hall–Kier alpha value is -1.11. The van der Waals surface area contributed by atoms with Crippen LogP contribution in [0.25, 0.3) is 0 Å². The van der Waals surface area contributed by atoms with Gasteiger partial charge in [0, 0.05) is 13.1 Å². The Morgan fingerprint density at radius 3 is 2.33 bits per heavy atom. The van der Waals surface area contributed by atoms with Crippen LogP contribution in [0, 0.1) is 13.8 Å². The van der Waals surface area contributed by atoms with E-state index in [4.69, 9.17) is 10.8 Å². The number of likely N-dealkylation sites (N-methyl/N-ethyl adjacent to an activating group) is 1. The summed E-state index contributed by atoms with van der Waals surface area (Å²) in [6.45, 7) is 5.62. The van der Waals surface area contributed by atoms with Gasteiger partial charge in [0.25, 0.3) is 0 Å². The maximum Gasteiger partial charge on any atom is 0.245 e. The summed E-state index contributed by atoms with van der Waals surface area (Å²) in [4.78, 5) is 0.112. The quantitative estimate of drug-likeness (QED) is 0.780. The van der Waals surface area contributed by atoms with Gasteiger partial charge in [-0.05, 0) is 37.1 Å². The van der Waals surface area contributed by atoms with E-state index in [2.05, 4.69) is 0 Å². The Labute approximate surface area is 108 Å². The average Bonchev–Trinajstić information content (AvgIpc) is 2.30. The van der Waals surface area contributed by atoms with Crippen LogP contribution in [0.5, 0.6) is 0 Å². The first kappa shape index (κ1) is 14.9. The molecule has 0 spiro atoms. The highest BCUT2D eigenvalue weighted by Crippen LogP contribution is 2.25. The molecule has 0 fully saturated rings. The second-order valence-electron chi connectivity index (χ2n) is 4.19. The minimum atomic E-state index is -3.63. The molecule has 0 unspecified atom stereocenters. The Balaban J connectivity index is 3.32. The molecule has 0 radical (unpaired) electrons. The third-order valence-electron chi connectivity index (χ3n) is 2.95.